The van der Waals surface area contributed by atoms with Gasteiger partial charge in [-0.05, 0) is 18.2 Å². The van der Waals surface area contributed by atoms with E-state index in [2.05, 4.69) is 0 Å². The summed E-state index contributed by atoms with van der Waals surface area (Å²) in [6.45, 7) is -0.405. The fraction of sp³-hybridized carbons (Fsp3) is 0.250. The summed E-state index contributed by atoms with van der Waals surface area (Å²) in [5, 5.41) is 4.71. The molecule has 0 fully saturated rings. The number of nitrogens with two attached hydrogens (primary N) is 2. The number of rotatable bonds is 5. The zero-order chi connectivity index (χ0) is 14.0. The Balaban J connectivity index is 2.87. The monoisotopic (exact) mass is 297 g/mol. The summed E-state index contributed by atoms with van der Waals surface area (Å²) in [6.07, 6.45) is 0. The first-order chi connectivity index (χ1) is 8.10. The van der Waals surface area contributed by atoms with E-state index in [9.17, 15) is 21.2 Å². The summed E-state index contributed by atoms with van der Waals surface area (Å²) >= 11 is 0. The Morgan fingerprint density at radius 3 is 2.28 bits per heavy atom. The van der Waals surface area contributed by atoms with Crippen LogP contribution in [0.15, 0.2) is 23.1 Å². The van der Waals surface area contributed by atoms with E-state index < -0.39 is 38.2 Å². The van der Waals surface area contributed by atoms with Crippen molar-refractivity contribution in [2.45, 2.75) is 4.90 Å². The minimum atomic E-state index is -4.02. The normalized spacial score (nSPS) is 12.6. The van der Waals surface area contributed by atoms with Crippen LogP contribution in [0.25, 0.3) is 0 Å². The summed E-state index contributed by atoms with van der Waals surface area (Å²) in [4.78, 5) is -0.380. The highest BCUT2D eigenvalue weighted by Gasteiger charge is 2.16. The first-order valence-electron chi connectivity index (χ1n) is 4.66. The van der Waals surface area contributed by atoms with Crippen molar-refractivity contribution in [3.05, 3.63) is 24.0 Å². The molecule has 102 valence electrons. The van der Waals surface area contributed by atoms with Crippen molar-refractivity contribution < 1.29 is 21.2 Å². The van der Waals surface area contributed by atoms with E-state index in [1.54, 1.807) is 0 Å². The van der Waals surface area contributed by atoms with Crippen LogP contribution >= 0.6 is 0 Å². The smallest absolute Gasteiger partial charge is 0.240 e. The molecule has 1 rings (SSSR count). The van der Waals surface area contributed by atoms with Crippen LogP contribution in [0.5, 0.6) is 0 Å². The van der Waals surface area contributed by atoms with Crippen LogP contribution in [0.4, 0.5) is 10.1 Å². The Morgan fingerprint density at radius 1 is 1.17 bits per heavy atom. The topological polar surface area (TPSA) is 132 Å². The molecule has 0 bridgehead atoms. The molecule has 0 aliphatic carbocycles. The minimum absolute atomic E-state index is 0.0539. The molecule has 0 aliphatic heterocycles. The molecule has 7 nitrogen and oxygen atoms in total. The van der Waals surface area contributed by atoms with Crippen molar-refractivity contribution in [3.63, 3.8) is 0 Å². The van der Waals surface area contributed by atoms with Crippen molar-refractivity contribution >= 4 is 25.7 Å². The maximum absolute atomic E-state index is 13.0. The fourth-order valence-electron chi connectivity index (χ4n) is 1.14. The highest BCUT2D eigenvalue weighted by Crippen LogP contribution is 2.15. The lowest BCUT2D eigenvalue weighted by atomic mass is 10.3. The summed E-state index contributed by atoms with van der Waals surface area (Å²) < 4.78 is 59.5. The van der Waals surface area contributed by atoms with Gasteiger partial charge in [-0.25, -0.2) is 31.1 Å². The van der Waals surface area contributed by atoms with Crippen LogP contribution in [0, 0.1) is 5.82 Å². The fourth-order valence-corrected chi connectivity index (χ4v) is 2.75. The van der Waals surface area contributed by atoms with Crippen molar-refractivity contribution in [2.24, 2.45) is 5.14 Å². The lowest BCUT2D eigenvalue weighted by molar-refractivity contribution is 0.578. The van der Waals surface area contributed by atoms with E-state index >= 15 is 0 Å². The van der Waals surface area contributed by atoms with Crippen molar-refractivity contribution in [1.82, 2.24) is 4.72 Å². The van der Waals surface area contributed by atoms with Crippen LogP contribution in [0.1, 0.15) is 0 Å². The van der Waals surface area contributed by atoms with E-state index in [4.69, 9.17) is 10.9 Å². The second-order valence-electron chi connectivity index (χ2n) is 3.49. The number of halogens is 1. The average Bonchev–Trinajstić information content (AvgIpc) is 2.13. The molecule has 0 atom stereocenters. The molecule has 0 aromatic heterocycles. The van der Waals surface area contributed by atoms with Gasteiger partial charge in [-0.3, -0.25) is 0 Å². The van der Waals surface area contributed by atoms with Gasteiger partial charge >= 0.3 is 0 Å². The number of hydrogen-bond donors (Lipinski definition) is 3. The van der Waals surface area contributed by atoms with Crippen molar-refractivity contribution in [1.29, 1.82) is 0 Å². The maximum atomic E-state index is 13.0. The van der Waals surface area contributed by atoms with Crippen LogP contribution in [-0.4, -0.2) is 29.1 Å². The molecule has 0 unspecified atom stereocenters. The average molecular weight is 297 g/mol. The molecule has 0 heterocycles. The van der Waals surface area contributed by atoms with Gasteiger partial charge in [0.15, 0.2) is 0 Å². The zero-order valence-corrected chi connectivity index (χ0v) is 10.8. The summed E-state index contributed by atoms with van der Waals surface area (Å²) in [7, 11) is -7.79. The van der Waals surface area contributed by atoms with Gasteiger partial charge in [-0.15, -0.1) is 0 Å². The number of benzene rings is 1. The zero-order valence-electron chi connectivity index (χ0n) is 9.13. The number of anilines is 1. The maximum Gasteiger partial charge on any atom is 0.240 e. The third kappa shape index (κ3) is 4.56. The predicted octanol–water partition coefficient (Wildman–Crippen LogP) is -1.03. The van der Waals surface area contributed by atoms with Crippen LogP contribution in [0.2, 0.25) is 0 Å². The van der Waals surface area contributed by atoms with Crippen molar-refractivity contribution in [2.75, 3.05) is 18.0 Å². The first kappa shape index (κ1) is 14.8. The van der Waals surface area contributed by atoms with Crippen LogP contribution in [-0.2, 0) is 20.0 Å². The highest BCUT2D eigenvalue weighted by atomic mass is 32.2. The lowest BCUT2D eigenvalue weighted by Gasteiger charge is -2.07. The van der Waals surface area contributed by atoms with Crippen LogP contribution < -0.4 is 15.6 Å². The molecule has 18 heavy (non-hydrogen) atoms. The SMILES string of the molecule is Nc1cc(F)cc(S(=O)(=O)NCCS(N)(=O)=O)c1. The third-order valence-electron chi connectivity index (χ3n) is 1.88. The van der Waals surface area contributed by atoms with Gasteiger partial charge in [0.25, 0.3) is 0 Å². The number of nitrogens with one attached hydrogen (secondary N) is 1. The Kier molecular flexibility index (Phi) is 4.27. The third-order valence-corrected chi connectivity index (χ3v) is 4.10. The number of hydrogen-bond acceptors (Lipinski definition) is 5. The number of primary sulfonamides is 1. The molecule has 0 spiro atoms. The molecule has 0 aliphatic rings. The molecule has 1 aromatic rings. The lowest BCUT2D eigenvalue weighted by Crippen LogP contribution is -2.31. The van der Waals surface area contributed by atoms with Gasteiger partial charge in [0.1, 0.15) is 5.82 Å². The standard InChI is InChI=1S/C8H12FN3O4S2/c9-6-3-7(10)5-8(4-6)18(15,16)12-1-2-17(11,13)14/h3-5,12H,1-2,10H2,(H2,11,13,14). The first-order valence-corrected chi connectivity index (χ1v) is 7.86. The molecule has 0 saturated heterocycles. The summed E-state index contributed by atoms with van der Waals surface area (Å²) in [5.41, 5.74) is 5.25. The molecular weight excluding hydrogens is 285 g/mol. The van der Waals surface area contributed by atoms with E-state index in [-0.39, 0.29) is 10.6 Å². The molecule has 0 saturated carbocycles. The van der Waals surface area contributed by atoms with Crippen LogP contribution in [0.3, 0.4) is 0 Å². The second-order valence-corrected chi connectivity index (χ2v) is 6.99. The van der Waals surface area contributed by atoms with E-state index in [1.165, 1.54) is 0 Å². The second kappa shape index (κ2) is 5.18. The van der Waals surface area contributed by atoms with E-state index in [0.29, 0.717) is 0 Å². The van der Waals surface area contributed by atoms with Gasteiger partial charge in [0.05, 0.1) is 10.6 Å². The van der Waals surface area contributed by atoms with Gasteiger partial charge in [-0.1, -0.05) is 0 Å². The Morgan fingerprint density at radius 2 is 1.78 bits per heavy atom. The Hall–Kier alpha value is -1.23. The summed E-state index contributed by atoms with van der Waals surface area (Å²) in [5.74, 6) is -1.36. The van der Waals surface area contributed by atoms with Crippen molar-refractivity contribution in [3.8, 4) is 0 Å². The van der Waals surface area contributed by atoms with Gasteiger partial charge in [0, 0.05) is 12.2 Å². The van der Waals surface area contributed by atoms with E-state index in [1.807, 2.05) is 4.72 Å². The van der Waals surface area contributed by atoms with Gasteiger partial charge < -0.3 is 5.73 Å². The molecule has 5 N–H and O–H groups in total. The van der Waals surface area contributed by atoms with Gasteiger partial charge in [0.2, 0.25) is 20.0 Å². The number of nitrogen functional groups attached to an aromatic ring is 1. The quantitative estimate of drug-likeness (QED) is 0.598. The Bertz CT molecular complexity index is 622. The largest absolute Gasteiger partial charge is 0.399 e. The highest BCUT2D eigenvalue weighted by molar-refractivity contribution is 7.90. The molecular formula is C8H12FN3O4S2. The predicted molar refractivity (Wildman–Crippen MR) is 64.0 cm³/mol. The molecule has 10 heteroatoms. The molecule has 0 amide bonds. The molecule has 1 aromatic carbocycles. The van der Waals surface area contributed by atoms with Gasteiger partial charge in [-0.2, -0.15) is 0 Å². The summed E-state index contributed by atoms with van der Waals surface area (Å²) in [6, 6.07) is 2.79. The van der Waals surface area contributed by atoms with E-state index in [0.717, 1.165) is 18.2 Å². The Labute approximate surface area is 104 Å². The minimum Gasteiger partial charge on any atom is -0.399 e. The number of sulfonamides is 2. The molecule has 0 radical (unpaired) electrons.